The smallest absolute Gasteiger partial charge is 0.223 e. The van der Waals surface area contributed by atoms with Crippen molar-refractivity contribution >= 4 is 5.91 Å². The Bertz CT molecular complexity index is 579. The lowest BCUT2D eigenvalue weighted by atomic mass is 9.95. The first kappa shape index (κ1) is 13.9. The van der Waals surface area contributed by atoms with Gasteiger partial charge in [0, 0.05) is 13.0 Å². The molecule has 108 valence electrons. The van der Waals surface area contributed by atoms with E-state index in [1.165, 1.54) is 11.1 Å². The fourth-order valence-electron chi connectivity index (χ4n) is 3.08. The van der Waals surface area contributed by atoms with Gasteiger partial charge in [0.1, 0.15) is 0 Å². The van der Waals surface area contributed by atoms with Gasteiger partial charge in [-0.2, -0.15) is 0 Å². The van der Waals surface area contributed by atoms with Gasteiger partial charge in [0.05, 0.1) is 6.04 Å². The Morgan fingerprint density at radius 1 is 0.905 bits per heavy atom. The normalized spacial score (nSPS) is 16.8. The summed E-state index contributed by atoms with van der Waals surface area (Å²) in [4.78, 5) is 14.4. The van der Waals surface area contributed by atoms with Crippen LogP contribution in [0.25, 0.3) is 0 Å². The van der Waals surface area contributed by atoms with Crippen LogP contribution in [-0.2, 0) is 11.2 Å². The molecule has 1 aliphatic heterocycles. The monoisotopic (exact) mass is 279 g/mol. The lowest BCUT2D eigenvalue weighted by Gasteiger charge is -2.35. The highest BCUT2D eigenvalue weighted by molar-refractivity contribution is 5.77. The minimum Gasteiger partial charge on any atom is -0.335 e. The van der Waals surface area contributed by atoms with Crippen LogP contribution in [0.4, 0.5) is 0 Å². The molecule has 0 aromatic heterocycles. The summed E-state index contributed by atoms with van der Waals surface area (Å²) in [6.45, 7) is 0.880. The zero-order valence-electron chi connectivity index (χ0n) is 12.2. The van der Waals surface area contributed by atoms with E-state index < -0.39 is 0 Å². The van der Waals surface area contributed by atoms with Gasteiger partial charge >= 0.3 is 0 Å². The molecule has 1 atom stereocenters. The Hall–Kier alpha value is -2.09. The molecule has 0 bridgehead atoms. The van der Waals surface area contributed by atoms with Crippen LogP contribution >= 0.6 is 0 Å². The van der Waals surface area contributed by atoms with Crippen molar-refractivity contribution in [2.45, 2.75) is 31.7 Å². The van der Waals surface area contributed by atoms with Gasteiger partial charge in [0.25, 0.3) is 0 Å². The number of piperidine rings is 1. The van der Waals surface area contributed by atoms with E-state index >= 15 is 0 Å². The predicted molar refractivity (Wildman–Crippen MR) is 84.9 cm³/mol. The Morgan fingerprint density at radius 2 is 1.57 bits per heavy atom. The van der Waals surface area contributed by atoms with E-state index in [0.717, 1.165) is 25.8 Å². The highest BCUT2D eigenvalue weighted by Gasteiger charge is 2.27. The van der Waals surface area contributed by atoms with Crippen LogP contribution in [0, 0.1) is 0 Å². The van der Waals surface area contributed by atoms with E-state index in [4.69, 9.17) is 0 Å². The molecule has 0 N–H and O–H groups in total. The number of nitrogens with zero attached hydrogens (tertiary/aromatic N) is 1. The van der Waals surface area contributed by atoms with Crippen molar-refractivity contribution in [3.05, 3.63) is 71.8 Å². The molecular formula is C19H21NO. The molecule has 3 rings (SSSR count). The number of amides is 1. The maximum absolute atomic E-state index is 12.3. The molecule has 2 nitrogen and oxygen atoms in total. The van der Waals surface area contributed by atoms with Gasteiger partial charge < -0.3 is 4.90 Å². The molecule has 0 saturated carbocycles. The summed E-state index contributed by atoms with van der Waals surface area (Å²) in [6.07, 6.45) is 3.72. The van der Waals surface area contributed by atoms with E-state index in [-0.39, 0.29) is 6.04 Å². The van der Waals surface area contributed by atoms with Crippen LogP contribution in [0.3, 0.4) is 0 Å². The second-order valence-corrected chi connectivity index (χ2v) is 5.66. The summed E-state index contributed by atoms with van der Waals surface area (Å²) < 4.78 is 0. The molecule has 1 fully saturated rings. The SMILES string of the molecule is O=C1CCCCN1C(Cc1ccccc1)c1ccccc1. The zero-order valence-corrected chi connectivity index (χ0v) is 12.2. The lowest BCUT2D eigenvalue weighted by Crippen LogP contribution is -2.39. The third-order valence-electron chi connectivity index (χ3n) is 4.19. The van der Waals surface area contributed by atoms with Crippen LogP contribution in [0.2, 0.25) is 0 Å². The zero-order chi connectivity index (χ0) is 14.5. The Morgan fingerprint density at radius 3 is 2.24 bits per heavy atom. The molecule has 0 aliphatic carbocycles. The maximum atomic E-state index is 12.3. The molecule has 2 aromatic rings. The first-order chi connectivity index (χ1) is 10.3. The highest BCUT2D eigenvalue weighted by atomic mass is 16.2. The number of carbonyl (C=O) groups is 1. The number of likely N-dealkylation sites (tertiary alicyclic amines) is 1. The lowest BCUT2D eigenvalue weighted by molar-refractivity contribution is -0.136. The van der Waals surface area contributed by atoms with E-state index in [1.807, 2.05) is 12.1 Å². The topological polar surface area (TPSA) is 20.3 Å². The highest BCUT2D eigenvalue weighted by Crippen LogP contribution is 2.28. The quantitative estimate of drug-likeness (QED) is 0.829. The predicted octanol–water partition coefficient (Wildman–Crippen LogP) is 3.98. The minimum absolute atomic E-state index is 0.154. The van der Waals surface area contributed by atoms with Crippen LogP contribution in [0.1, 0.15) is 36.4 Å². The molecule has 1 aliphatic rings. The molecule has 21 heavy (non-hydrogen) atoms. The third-order valence-corrected chi connectivity index (χ3v) is 4.19. The number of hydrogen-bond donors (Lipinski definition) is 0. The minimum atomic E-state index is 0.154. The first-order valence-corrected chi connectivity index (χ1v) is 7.73. The number of benzene rings is 2. The molecule has 1 amide bonds. The van der Waals surface area contributed by atoms with Crippen molar-refractivity contribution in [2.75, 3.05) is 6.54 Å². The van der Waals surface area contributed by atoms with Crippen LogP contribution in [0.5, 0.6) is 0 Å². The Kier molecular flexibility index (Phi) is 4.34. The first-order valence-electron chi connectivity index (χ1n) is 7.73. The van der Waals surface area contributed by atoms with Crippen molar-refractivity contribution in [3.8, 4) is 0 Å². The largest absolute Gasteiger partial charge is 0.335 e. The number of carbonyl (C=O) groups excluding carboxylic acids is 1. The van der Waals surface area contributed by atoms with Crippen molar-refractivity contribution in [3.63, 3.8) is 0 Å². The fraction of sp³-hybridized carbons (Fsp3) is 0.316. The Balaban J connectivity index is 1.89. The average Bonchev–Trinajstić information content (AvgIpc) is 2.55. The van der Waals surface area contributed by atoms with Gasteiger partial charge in [-0.25, -0.2) is 0 Å². The molecule has 1 saturated heterocycles. The standard InChI is InChI=1S/C19H21NO/c21-19-13-7-8-14-20(19)18(17-11-5-2-6-12-17)15-16-9-3-1-4-10-16/h1-6,9-12,18H,7-8,13-15H2. The van der Waals surface area contributed by atoms with Crippen LogP contribution in [0.15, 0.2) is 60.7 Å². The molecule has 1 heterocycles. The second kappa shape index (κ2) is 6.57. The molecule has 0 radical (unpaired) electrons. The van der Waals surface area contributed by atoms with E-state index in [1.54, 1.807) is 0 Å². The summed E-state index contributed by atoms with van der Waals surface area (Å²) in [5.41, 5.74) is 2.52. The second-order valence-electron chi connectivity index (χ2n) is 5.66. The molecular weight excluding hydrogens is 258 g/mol. The third kappa shape index (κ3) is 3.33. The van der Waals surface area contributed by atoms with Gasteiger partial charge in [0.15, 0.2) is 0 Å². The Labute approximate surface area is 126 Å². The van der Waals surface area contributed by atoms with Crippen molar-refractivity contribution < 1.29 is 4.79 Å². The van der Waals surface area contributed by atoms with Crippen LogP contribution in [-0.4, -0.2) is 17.4 Å². The summed E-state index contributed by atoms with van der Waals surface area (Å²) >= 11 is 0. The van der Waals surface area contributed by atoms with Gasteiger partial charge in [0.2, 0.25) is 5.91 Å². The van der Waals surface area contributed by atoms with Gasteiger partial charge in [-0.15, -0.1) is 0 Å². The summed E-state index contributed by atoms with van der Waals surface area (Å²) in [7, 11) is 0. The van der Waals surface area contributed by atoms with Crippen molar-refractivity contribution in [2.24, 2.45) is 0 Å². The molecule has 2 heteroatoms. The van der Waals surface area contributed by atoms with Crippen molar-refractivity contribution in [1.29, 1.82) is 0 Å². The summed E-state index contributed by atoms with van der Waals surface area (Å²) in [5, 5.41) is 0. The summed E-state index contributed by atoms with van der Waals surface area (Å²) in [6, 6.07) is 21.0. The maximum Gasteiger partial charge on any atom is 0.223 e. The number of rotatable bonds is 4. The van der Waals surface area contributed by atoms with Gasteiger partial charge in [-0.3, -0.25) is 4.79 Å². The van der Waals surface area contributed by atoms with E-state index in [2.05, 4.69) is 53.4 Å². The van der Waals surface area contributed by atoms with E-state index in [9.17, 15) is 4.79 Å². The molecule has 2 aromatic carbocycles. The van der Waals surface area contributed by atoms with Crippen molar-refractivity contribution in [1.82, 2.24) is 4.90 Å². The van der Waals surface area contributed by atoms with E-state index in [0.29, 0.717) is 12.3 Å². The van der Waals surface area contributed by atoms with Crippen LogP contribution < -0.4 is 0 Å². The van der Waals surface area contributed by atoms with Gasteiger partial charge in [-0.1, -0.05) is 60.7 Å². The molecule has 1 unspecified atom stereocenters. The average molecular weight is 279 g/mol. The number of hydrogen-bond acceptors (Lipinski definition) is 1. The summed E-state index contributed by atoms with van der Waals surface area (Å²) in [5.74, 6) is 0.297. The molecule has 0 spiro atoms. The fourth-order valence-corrected chi connectivity index (χ4v) is 3.08. The van der Waals surface area contributed by atoms with Gasteiger partial charge in [-0.05, 0) is 30.4 Å².